The van der Waals surface area contributed by atoms with Gasteiger partial charge in [0.2, 0.25) is 0 Å². The summed E-state index contributed by atoms with van der Waals surface area (Å²) in [5.41, 5.74) is 4.82. The minimum atomic E-state index is -4.40. The highest BCUT2D eigenvalue weighted by Gasteiger charge is 2.33. The van der Waals surface area contributed by atoms with Crippen molar-refractivity contribution in [2.75, 3.05) is 0 Å². The van der Waals surface area contributed by atoms with Crippen LogP contribution in [0, 0.1) is 0 Å². The Labute approximate surface area is 136 Å². The summed E-state index contributed by atoms with van der Waals surface area (Å²) in [4.78, 5) is 7.51. The first-order valence-corrected chi connectivity index (χ1v) is 6.91. The van der Waals surface area contributed by atoms with Gasteiger partial charge in [-0.2, -0.15) is 13.2 Å². The van der Waals surface area contributed by atoms with Gasteiger partial charge >= 0.3 is 6.18 Å². The Bertz CT molecular complexity index is 455. The molecule has 0 aromatic carbocycles. The van der Waals surface area contributed by atoms with Crippen LogP contribution in [0.3, 0.4) is 0 Å². The van der Waals surface area contributed by atoms with Crippen molar-refractivity contribution in [1.82, 2.24) is 10.3 Å². The maximum atomic E-state index is 12.3. The van der Waals surface area contributed by atoms with Crippen molar-refractivity contribution >= 4 is 41.3 Å². The van der Waals surface area contributed by atoms with E-state index in [1.165, 1.54) is 12.8 Å². The smallest absolute Gasteiger partial charge is 0.370 e. The Balaban J connectivity index is 0.00000200. The molecule has 1 aliphatic carbocycles. The second-order valence-corrected chi connectivity index (χ2v) is 5.39. The van der Waals surface area contributed by atoms with Crippen LogP contribution < -0.4 is 11.1 Å². The van der Waals surface area contributed by atoms with Gasteiger partial charge in [-0.15, -0.1) is 35.3 Å². The van der Waals surface area contributed by atoms with E-state index in [1.807, 2.05) is 0 Å². The molecule has 0 aliphatic heterocycles. The molecule has 1 saturated carbocycles. The van der Waals surface area contributed by atoms with Crippen molar-refractivity contribution in [3.8, 4) is 0 Å². The van der Waals surface area contributed by atoms with E-state index >= 15 is 0 Å². The molecule has 0 atom stereocenters. The molecule has 114 valence electrons. The Morgan fingerprint density at radius 2 is 2.10 bits per heavy atom. The summed E-state index contributed by atoms with van der Waals surface area (Å²) >= 11 is 0.940. The number of rotatable bonds is 3. The zero-order valence-electron chi connectivity index (χ0n) is 10.6. The van der Waals surface area contributed by atoms with Crippen molar-refractivity contribution in [1.29, 1.82) is 0 Å². The van der Waals surface area contributed by atoms with Crippen molar-refractivity contribution in [2.24, 2.45) is 10.7 Å². The maximum absolute atomic E-state index is 12.3. The van der Waals surface area contributed by atoms with Crippen LogP contribution in [0.5, 0.6) is 0 Å². The molecule has 0 radical (unpaired) electrons. The largest absolute Gasteiger partial charge is 0.434 e. The number of aliphatic imine (C=N–C) groups is 1. The molecule has 1 aromatic heterocycles. The third kappa shape index (κ3) is 5.08. The second kappa shape index (κ2) is 7.43. The van der Waals surface area contributed by atoms with Gasteiger partial charge in [0, 0.05) is 11.4 Å². The van der Waals surface area contributed by atoms with Gasteiger partial charge in [0.15, 0.2) is 11.7 Å². The molecule has 0 saturated heterocycles. The number of hydrogen-bond acceptors (Lipinski definition) is 3. The van der Waals surface area contributed by atoms with E-state index in [2.05, 4.69) is 15.3 Å². The number of aromatic nitrogens is 1. The van der Waals surface area contributed by atoms with E-state index in [0.717, 1.165) is 29.6 Å². The summed E-state index contributed by atoms with van der Waals surface area (Å²) in [7, 11) is 0. The molecule has 20 heavy (non-hydrogen) atoms. The number of thiazole rings is 1. The summed E-state index contributed by atoms with van der Waals surface area (Å²) in [5.74, 6) is 0.274. The first-order valence-electron chi connectivity index (χ1n) is 6.03. The molecular weight excluding hydrogens is 404 g/mol. The van der Waals surface area contributed by atoms with Gasteiger partial charge in [-0.3, -0.25) is 0 Å². The van der Waals surface area contributed by atoms with Crippen LogP contribution in [0.25, 0.3) is 0 Å². The van der Waals surface area contributed by atoms with E-state index in [0.29, 0.717) is 11.0 Å². The maximum Gasteiger partial charge on any atom is 0.434 e. The Morgan fingerprint density at radius 3 is 2.65 bits per heavy atom. The fourth-order valence-corrected chi connectivity index (χ4v) is 2.72. The van der Waals surface area contributed by atoms with E-state index in [9.17, 15) is 13.2 Å². The van der Waals surface area contributed by atoms with Gasteiger partial charge in [0.25, 0.3) is 0 Å². The van der Waals surface area contributed by atoms with Gasteiger partial charge in [0.05, 0.1) is 6.54 Å². The zero-order chi connectivity index (χ0) is 13.9. The van der Waals surface area contributed by atoms with E-state index in [4.69, 9.17) is 5.73 Å². The van der Waals surface area contributed by atoms with Crippen LogP contribution in [0.15, 0.2) is 10.4 Å². The predicted octanol–water partition coefficient (Wildman–Crippen LogP) is 3.13. The minimum absolute atomic E-state index is 0. The van der Waals surface area contributed by atoms with Crippen molar-refractivity contribution in [3.63, 3.8) is 0 Å². The van der Waals surface area contributed by atoms with Gasteiger partial charge in [-0.1, -0.05) is 12.8 Å². The number of nitrogens with one attached hydrogen (secondary N) is 1. The molecule has 9 heteroatoms. The highest BCUT2D eigenvalue weighted by Crippen LogP contribution is 2.30. The molecule has 1 aromatic rings. The van der Waals surface area contributed by atoms with Gasteiger partial charge in [-0.05, 0) is 12.8 Å². The first kappa shape index (κ1) is 17.5. The standard InChI is InChI=1S/C11H15F3N4S.HI/c12-11(13,14)8-6-19-9(18-8)5-16-10(15)17-7-3-1-2-4-7;/h6-7H,1-5H2,(H3,15,16,17);1H. The molecule has 4 nitrogen and oxygen atoms in total. The van der Waals surface area contributed by atoms with Gasteiger partial charge in [0.1, 0.15) is 5.01 Å². The van der Waals surface area contributed by atoms with Crippen LogP contribution >= 0.6 is 35.3 Å². The first-order chi connectivity index (χ1) is 8.95. The Hall–Kier alpha value is -0.580. The number of halogens is 4. The highest BCUT2D eigenvalue weighted by atomic mass is 127. The average Bonchev–Trinajstić information content (AvgIpc) is 2.95. The molecule has 2 rings (SSSR count). The summed E-state index contributed by atoms with van der Waals surface area (Å²) in [6, 6.07) is 0.339. The lowest BCUT2D eigenvalue weighted by molar-refractivity contribution is -0.140. The monoisotopic (exact) mass is 420 g/mol. The molecule has 0 unspecified atom stereocenters. The lowest BCUT2D eigenvalue weighted by Gasteiger charge is -2.11. The summed E-state index contributed by atoms with van der Waals surface area (Å²) < 4.78 is 37.0. The molecule has 1 aliphatic rings. The molecule has 1 heterocycles. The third-order valence-electron chi connectivity index (χ3n) is 2.93. The fraction of sp³-hybridized carbons (Fsp3) is 0.636. The fourth-order valence-electron chi connectivity index (χ4n) is 1.99. The lowest BCUT2D eigenvalue weighted by atomic mass is 10.2. The van der Waals surface area contributed by atoms with E-state index in [-0.39, 0.29) is 36.5 Å². The topological polar surface area (TPSA) is 63.3 Å². The number of guanidine groups is 1. The predicted molar refractivity (Wildman–Crippen MR) is 83.2 cm³/mol. The van der Waals surface area contributed by atoms with E-state index < -0.39 is 11.9 Å². The molecule has 3 N–H and O–H groups in total. The summed E-state index contributed by atoms with van der Waals surface area (Å²) in [5, 5.41) is 4.37. The lowest BCUT2D eigenvalue weighted by Crippen LogP contribution is -2.38. The van der Waals surface area contributed by atoms with Crippen molar-refractivity contribution < 1.29 is 13.2 Å². The van der Waals surface area contributed by atoms with Crippen LogP contribution in [-0.4, -0.2) is 17.0 Å². The summed E-state index contributed by atoms with van der Waals surface area (Å²) in [6.07, 6.45) is 0.0717. The Kier molecular flexibility index (Phi) is 6.49. The van der Waals surface area contributed by atoms with Crippen LogP contribution in [0.1, 0.15) is 36.4 Å². The molecule has 0 bridgehead atoms. The number of alkyl halides is 3. The SMILES string of the molecule is I.NC(=NCc1nc(C(F)(F)F)cs1)NC1CCCC1. The Morgan fingerprint density at radius 1 is 1.45 bits per heavy atom. The highest BCUT2D eigenvalue weighted by molar-refractivity contribution is 14.0. The summed E-state index contributed by atoms with van der Waals surface area (Å²) in [6.45, 7) is 0.0757. The van der Waals surface area contributed by atoms with E-state index in [1.54, 1.807) is 0 Å². The third-order valence-corrected chi connectivity index (χ3v) is 3.77. The number of hydrogen-bond donors (Lipinski definition) is 2. The van der Waals surface area contributed by atoms with Crippen LogP contribution in [0.2, 0.25) is 0 Å². The molecular formula is C11H16F3IN4S. The van der Waals surface area contributed by atoms with Gasteiger partial charge < -0.3 is 11.1 Å². The molecule has 0 amide bonds. The van der Waals surface area contributed by atoms with Crippen molar-refractivity contribution in [2.45, 2.75) is 44.4 Å². The quantitative estimate of drug-likeness (QED) is 0.449. The minimum Gasteiger partial charge on any atom is -0.370 e. The number of nitrogens with two attached hydrogens (primary N) is 1. The zero-order valence-corrected chi connectivity index (χ0v) is 13.8. The van der Waals surface area contributed by atoms with Gasteiger partial charge in [-0.25, -0.2) is 9.98 Å². The average molecular weight is 420 g/mol. The van der Waals surface area contributed by atoms with Crippen molar-refractivity contribution in [3.05, 3.63) is 16.1 Å². The van der Waals surface area contributed by atoms with Crippen LogP contribution in [0.4, 0.5) is 13.2 Å². The normalized spacial score (nSPS) is 17.1. The second-order valence-electron chi connectivity index (χ2n) is 4.45. The molecule has 1 fully saturated rings. The number of nitrogens with zero attached hydrogens (tertiary/aromatic N) is 2. The molecule has 0 spiro atoms. The van der Waals surface area contributed by atoms with Crippen LogP contribution in [-0.2, 0) is 12.7 Å².